The molecule has 0 aliphatic carbocycles. The molecule has 1 unspecified atom stereocenters. The fraction of sp³-hybridized carbons (Fsp3) is 1.00. The van der Waals surface area contributed by atoms with Gasteiger partial charge in [0.1, 0.15) is 12.6 Å². The van der Waals surface area contributed by atoms with E-state index in [1.165, 1.54) is 89.9 Å². The first-order chi connectivity index (χ1) is 11.3. The molecule has 0 amide bonds. The normalized spacial score (nSPS) is 11.7. The Bertz CT molecular complexity index is 217. The minimum atomic E-state index is -0.185. The molecule has 3 N–H and O–H groups in total. The summed E-state index contributed by atoms with van der Waals surface area (Å²) in [6.45, 7) is 7.21. The smallest absolute Gasteiger partial charge is 0.104 e. The van der Waals surface area contributed by atoms with Crippen LogP contribution in [0.25, 0.3) is 0 Å². The van der Waals surface area contributed by atoms with E-state index in [1.54, 1.807) is 0 Å². The van der Waals surface area contributed by atoms with Crippen molar-refractivity contribution in [3.8, 4) is 0 Å². The summed E-state index contributed by atoms with van der Waals surface area (Å²) >= 11 is 0. The van der Waals surface area contributed by atoms with E-state index in [1.807, 2.05) is 6.92 Å². The van der Waals surface area contributed by atoms with Crippen molar-refractivity contribution in [2.45, 2.75) is 117 Å². The average Bonchev–Trinajstić information content (AvgIpc) is 2.46. The zero-order chi connectivity index (χ0) is 18.7. The van der Waals surface area contributed by atoms with Crippen molar-refractivity contribution < 1.29 is 27.5 Å². The summed E-state index contributed by atoms with van der Waals surface area (Å²) in [4.78, 5) is 0. The van der Waals surface area contributed by atoms with Gasteiger partial charge in [-0.15, -0.1) is 0 Å². The summed E-state index contributed by atoms with van der Waals surface area (Å²) in [5, 5.41) is 8.87. The molecule has 164 valence electrons. The molecule has 0 radical (unpaired) electrons. The number of likely N-dealkylation sites (N-methyl/N-ethyl adjacent to an activating group) is 1. The molecule has 0 rings (SSSR count). The van der Waals surface area contributed by atoms with Gasteiger partial charge in [-0.05, 0) is 6.92 Å². The first-order valence-electron chi connectivity index (χ1n) is 10.8. The maximum Gasteiger partial charge on any atom is 0.104 e. The van der Waals surface area contributed by atoms with E-state index in [9.17, 15) is 0 Å². The summed E-state index contributed by atoms with van der Waals surface area (Å²) in [6, 6.07) is 0. The third-order valence-corrected chi connectivity index (χ3v) is 4.27. The maximum absolute atomic E-state index is 8.87. The summed E-state index contributed by atoms with van der Waals surface area (Å²) in [5.41, 5.74) is 0. The van der Waals surface area contributed by atoms with Gasteiger partial charge in [-0.2, -0.15) is 0 Å². The molecule has 1 atom stereocenters. The third kappa shape index (κ3) is 39.3. The van der Waals surface area contributed by atoms with Crippen LogP contribution in [0.1, 0.15) is 111 Å². The van der Waals surface area contributed by atoms with Gasteiger partial charge < -0.3 is 27.5 Å². The highest BCUT2D eigenvalue weighted by Gasteiger charge is 2.09. The second kappa shape index (κ2) is 25.2. The number of aliphatic hydroxyl groups is 1. The molecule has 0 aliphatic rings. The molecule has 0 spiro atoms. The van der Waals surface area contributed by atoms with E-state index in [0.29, 0.717) is 0 Å². The molecule has 0 bridgehead atoms. The van der Waals surface area contributed by atoms with Gasteiger partial charge in [0, 0.05) is 0 Å². The van der Waals surface area contributed by atoms with Gasteiger partial charge in [-0.25, -0.2) is 0 Å². The molecule has 0 heterocycles. The van der Waals surface area contributed by atoms with Crippen molar-refractivity contribution in [2.24, 2.45) is 0 Å². The van der Waals surface area contributed by atoms with Crippen molar-refractivity contribution in [3.63, 3.8) is 0 Å². The number of rotatable bonds is 15. The summed E-state index contributed by atoms with van der Waals surface area (Å²) in [5.74, 6) is 0. The summed E-state index contributed by atoms with van der Waals surface area (Å²) in [6.07, 6.45) is 20.2. The Balaban J connectivity index is -0.000000208. The zero-order valence-electron chi connectivity index (χ0n) is 19.0. The lowest BCUT2D eigenvalue weighted by Gasteiger charge is -2.24. The van der Waals surface area contributed by atoms with Crippen molar-refractivity contribution in [1.82, 2.24) is 0 Å². The van der Waals surface area contributed by atoms with Crippen LogP contribution in [0.5, 0.6) is 0 Å². The number of aliphatic hydroxyl groups excluding tert-OH is 1. The van der Waals surface area contributed by atoms with Gasteiger partial charge in [0.05, 0.1) is 21.1 Å². The highest BCUT2D eigenvalue weighted by atomic mass is 35.5. The fourth-order valence-corrected chi connectivity index (χ4v) is 3.06. The van der Waals surface area contributed by atoms with E-state index in [4.69, 9.17) is 5.11 Å². The summed E-state index contributed by atoms with van der Waals surface area (Å²) < 4.78 is 0.831. The lowest BCUT2D eigenvalue weighted by Crippen LogP contribution is -3.00. The molecular formula is C22H52ClNO2. The van der Waals surface area contributed by atoms with E-state index >= 15 is 0 Å². The Labute approximate surface area is 172 Å². The van der Waals surface area contributed by atoms with Crippen LogP contribution in [0.3, 0.4) is 0 Å². The van der Waals surface area contributed by atoms with Crippen molar-refractivity contribution in [3.05, 3.63) is 0 Å². The second-order valence-electron chi connectivity index (χ2n) is 8.56. The van der Waals surface area contributed by atoms with E-state index in [0.717, 1.165) is 11.0 Å². The minimum Gasteiger partial charge on any atom is -1.00 e. The lowest BCUT2D eigenvalue weighted by atomic mass is 10.0. The molecular weight excluding hydrogens is 346 g/mol. The first kappa shape index (κ1) is 33.7. The van der Waals surface area contributed by atoms with Gasteiger partial charge in [0.15, 0.2) is 0 Å². The zero-order valence-corrected chi connectivity index (χ0v) is 19.7. The Morgan fingerprint density at radius 2 is 0.846 bits per heavy atom. The number of hydrogen-bond acceptors (Lipinski definition) is 1. The number of hydrogen-bond donors (Lipinski definition) is 1. The van der Waals surface area contributed by atoms with Crippen molar-refractivity contribution in [1.29, 1.82) is 0 Å². The second-order valence-corrected chi connectivity index (χ2v) is 8.56. The number of nitrogens with zero attached hydrogens (tertiary/aromatic N) is 1. The molecule has 0 saturated heterocycles. The van der Waals surface area contributed by atoms with Crippen LogP contribution in [0.4, 0.5) is 0 Å². The van der Waals surface area contributed by atoms with Gasteiger partial charge in [-0.1, -0.05) is 104 Å². The molecule has 0 aromatic carbocycles. The van der Waals surface area contributed by atoms with Crippen LogP contribution in [0.2, 0.25) is 0 Å². The van der Waals surface area contributed by atoms with Crippen LogP contribution >= 0.6 is 0 Å². The Hall–Kier alpha value is 0.170. The Kier molecular flexibility index (Phi) is 32.7. The van der Waals surface area contributed by atoms with Gasteiger partial charge >= 0.3 is 0 Å². The van der Waals surface area contributed by atoms with Crippen LogP contribution in [-0.4, -0.2) is 48.9 Å². The minimum absolute atomic E-state index is 0. The molecule has 0 saturated carbocycles. The van der Waals surface area contributed by atoms with E-state index < -0.39 is 0 Å². The SMILES string of the molecule is CC(O)C[N+](C)(C)C.CCCCCCCCCCCCCCCC.O.[Cl-]. The molecule has 0 aromatic heterocycles. The first-order valence-corrected chi connectivity index (χ1v) is 10.8. The van der Waals surface area contributed by atoms with E-state index in [2.05, 4.69) is 35.0 Å². The van der Waals surface area contributed by atoms with Gasteiger partial charge in [-0.3, -0.25) is 0 Å². The van der Waals surface area contributed by atoms with Gasteiger partial charge in [0.2, 0.25) is 0 Å². The maximum atomic E-state index is 8.87. The highest BCUT2D eigenvalue weighted by molar-refractivity contribution is 4.48. The topological polar surface area (TPSA) is 51.7 Å². The highest BCUT2D eigenvalue weighted by Crippen LogP contribution is 2.12. The molecule has 0 aliphatic heterocycles. The fourth-order valence-electron chi connectivity index (χ4n) is 3.06. The molecule has 0 fully saturated rings. The van der Waals surface area contributed by atoms with Crippen molar-refractivity contribution >= 4 is 0 Å². The standard InChI is InChI=1S/C16H34.C6H16NO.ClH.H2O/c1-3-5-7-9-11-13-15-16-14-12-10-8-6-4-2;1-6(8)5-7(2,3)4;;/h3-16H2,1-2H3;6,8H,5H2,1-4H3;1H;1H2/q;+1;;/p-1. The van der Waals surface area contributed by atoms with E-state index in [-0.39, 0.29) is 24.0 Å². The van der Waals surface area contributed by atoms with Crippen LogP contribution in [0.15, 0.2) is 0 Å². The monoisotopic (exact) mass is 397 g/mol. The predicted octanol–water partition coefficient (Wildman–Crippen LogP) is 2.74. The summed E-state index contributed by atoms with van der Waals surface area (Å²) in [7, 11) is 6.19. The van der Waals surface area contributed by atoms with Crippen molar-refractivity contribution in [2.75, 3.05) is 27.7 Å². The third-order valence-electron chi connectivity index (χ3n) is 4.27. The lowest BCUT2D eigenvalue weighted by molar-refractivity contribution is -0.873. The van der Waals surface area contributed by atoms with Crippen LogP contribution < -0.4 is 12.4 Å². The molecule has 3 nitrogen and oxygen atoms in total. The number of unbranched alkanes of at least 4 members (excludes halogenated alkanes) is 13. The molecule has 0 aromatic rings. The number of halogens is 1. The molecule has 4 heteroatoms. The van der Waals surface area contributed by atoms with Crippen LogP contribution in [-0.2, 0) is 0 Å². The molecule has 26 heavy (non-hydrogen) atoms. The Morgan fingerprint density at radius 1 is 0.615 bits per heavy atom. The van der Waals surface area contributed by atoms with Gasteiger partial charge in [0.25, 0.3) is 0 Å². The average molecular weight is 398 g/mol. The largest absolute Gasteiger partial charge is 1.00 e. The Morgan fingerprint density at radius 3 is 0.962 bits per heavy atom. The quantitative estimate of drug-likeness (QED) is 0.335. The predicted molar refractivity (Wildman–Crippen MR) is 114 cm³/mol. The number of quaternary nitrogens is 1. The van der Waals surface area contributed by atoms with Crippen LogP contribution in [0, 0.1) is 0 Å².